The maximum Gasteiger partial charge on any atom is 0.404 e. The molecular formula is C22H46N2O3Si. The minimum absolute atomic E-state index is 0.140. The lowest BCUT2D eigenvalue weighted by atomic mass is 9.88. The van der Waals surface area contributed by atoms with Crippen LogP contribution in [0.25, 0.3) is 0 Å². The fourth-order valence-corrected chi connectivity index (χ4v) is 10.6. The fourth-order valence-electron chi connectivity index (χ4n) is 5.02. The first-order valence-electron chi connectivity index (χ1n) is 11.2. The average Bonchev–Trinajstić information content (AvgIpc) is 2.55. The normalized spacial score (nSPS) is 22.7. The molecule has 1 aliphatic rings. The Morgan fingerprint density at radius 3 is 1.82 bits per heavy atom. The summed E-state index contributed by atoms with van der Waals surface area (Å²) >= 11 is 0. The Balaban J connectivity index is 2.61. The van der Waals surface area contributed by atoms with Crippen molar-refractivity contribution in [2.45, 2.75) is 123 Å². The van der Waals surface area contributed by atoms with E-state index >= 15 is 0 Å². The van der Waals surface area contributed by atoms with E-state index < -0.39 is 14.4 Å². The highest BCUT2D eigenvalue weighted by Crippen LogP contribution is 2.44. The molecule has 0 heterocycles. The van der Waals surface area contributed by atoms with E-state index in [1.165, 1.54) is 0 Å². The first-order chi connectivity index (χ1) is 12.8. The van der Waals surface area contributed by atoms with Gasteiger partial charge in [-0.25, -0.2) is 4.79 Å². The smallest absolute Gasteiger partial charge is 0.404 e. The molecule has 0 aromatic heterocycles. The molecule has 1 amide bonds. The number of rotatable bonds is 9. The summed E-state index contributed by atoms with van der Waals surface area (Å²) in [6.07, 6.45) is 3.90. The standard InChI is InChI=1S/C22H46N2O3Si/c1-15(2)28(16(3)4,17(5)6)27-19-12-10-18(11-13-19)24-14-20(22(7,8)9)26-21(23)25/h15-20,24H,10-14H2,1-9H3,(H2,23,25). The largest absolute Gasteiger partial charge is 0.444 e. The molecule has 166 valence electrons. The third-order valence-corrected chi connectivity index (χ3v) is 12.7. The van der Waals surface area contributed by atoms with Crippen LogP contribution in [0.3, 0.4) is 0 Å². The van der Waals surface area contributed by atoms with Crippen LogP contribution in [0.5, 0.6) is 0 Å². The Kier molecular flexibility index (Phi) is 9.49. The SMILES string of the molecule is CC(C)[Si](OC1CCC(NCC(OC(N)=O)C(C)(C)C)CC1)(C(C)C)C(C)C. The zero-order chi connectivity index (χ0) is 21.7. The minimum atomic E-state index is -1.81. The molecule has 0 bridgehead atoms. The molecule has 6 heteroatoms. The van der Waals surface area contributed by atoms with Crippen LogP contribution in [0.15, 0.2) is 0 Å². The van der Waals surface area contributed by atoms with Crippen molar-refractivity contribution in [3.63, 3.8) is 0 Å². The Bertz CT molecular complexity index is 459. The molecule has 5 nitrogen and oxygen atoms in total. The van der Waals surface area contributed by atoms with Gasteiger partial charge in [0.25, 0.3) is 0 Å². The van der Waals surface area contributed by atoms with E-state index in [4.69, 9.17) is 14.9 Å². The van der Waals surface area contributed by atoms with E-state index in [0.29, 0.717) is 35.3 Å². The lowest BCUT2D eigenvalue weighted by Crippen LogP contribution is -2.51. The summed E-state index contributed by atoms with van der Waals surface area (Å²) in [4.78, 5) is 11.2. The number of ether oxygens (including phenoxy) is 1. The summed E-state index contributed by atoms with van der Waals surface area (Å²) < 4.78 is 12.3. The van der Waals surface area contributed by atoms with E-state index in [0.717, 1.165) is 25.7 Å². The van der Waals surface area contributed by atoms with Gasteiger partial charge in [-0.15, -0.1) is 0 Å². The van der Waals surface area contributed by atoms with Gasteiger partial charge in [0.15, 0.2) is 0 Å². The van der Waals surface area contributed by atoms with Crippen molar-refractivity contribution in [3.05, 3.63) is 0 Å². The van der Waals surface area contributed by atoms with Crippen molar-refractivity contribution >= 4 is 14.4 Å². The first-order valence-corrected chi connectivity index (χ1v) is 13.3. The van der Waals surface area contributed by atoms with Gasteiger partial charge in [-0.1, -0.05) is 62.3 Å². The predicted molar refractivity (Wildman–Crippen MR) is 120 cm³/mol. The highest BCUT2D eigenvalue weighted by atomic mass is 28.4. The molecule has 28 heavy (non-hydrogen) atoms. The molecule has 1 unspecified atom stereocenters. The summed E-state index contributed by atoms with van der Waals surface area (Å²) in [7, 11) is -1.81. The Hall–Kier alpha value is -0.593. The molecule has 0 spiro atoms. The molecule has 0 aliphatic heterocycles. The van der Waals surface area contributed by atoms with Crippen LogP contribution >= 0.6 is 0 Å². The van der Waals surface area contributed by atoms with Crippen LogP contribution in [0.2, 0.25) is 16.6 Å². The van der Waals surface area contributed by atoms with Gasteiger partial charge in [-0.2, -0.15) is 0 Å². The molecule has 0 aromatic rings. The molecule has 1 rings (SSSR count). The van der Waals surface area contributed by atoms with Crippen LogP contribution in [0.1, 0.15) is 88.0 Å². The van der Waals surface area contributed by atoms with E-state index in [1.807, 2.05) is 0 Å². The van der Waals surface area contributed by atoms with Gasteiger partial charge in [-0.05, 0) is 42.3 Å². The zero-order valence-corrected chi connectivity index (χ0v) is 20.8. The molecule has 0 aromatic carbocycles. The van der Waals surface area contributed by atoms with Gasteiger partial charge in [0.05, 0.1) is 0 Å². The molecule has 0 saturated heterocycles. The maximum absolute atomic E-state index is 11.2. The van der Waals surface area contributed by atoms with Crippen molar-refractivity contribution in [1.82, 2.24) is 5.32 Å². The van der Waals surface area contributed by atoms with Crippen molar-refractivity contribution in [2.24, 2.45) is 11.1 Å². The fraction of sp³-hybridized carbons (Fsp3) is 0.955. The van der Waals surface area contributed by atoms with Gasteiger partial charge in [0, 0.05) is 24.1 Å². The van der Waals surface area contributed by atoms with Gasteiger partial charge < -0.3 is 20.2 Å². The number of primary amides is 1. The third-order valence-electron chi connectivity index (χ3n) is 6.57. The Morgan fingerprint density at radius 1 is 1.00 bits per heavy atom. The second kappa shape index (κ2) is 10.4. The Morgan fingerprint density at radius 2 is 1.46 bits per heavy atom. The van der Waals surface area contributed by atoms with E-state index in [2.05, 4.69) is 67.6 Å². The highest BCUT2D eigenvalue weighted by Gasteiger charge is 2.46. The number of carbonyl (C=O) groups is 1. The lowest BCUT2D eigenvalue weighted by molar-refractivity contribution is 0.0329. The summed E-state index contributed by atoms with van der Waals surface area (Å²) in [5.74, 6) is 0. The van der Waals surface area contributed by atoms with Crippen molar-refractivity contribution < 1.29 is 14.0 Å². The van der Waals surface area contributed by atoms with Gasteiger partial charge in [0.1, 0.15) is 6.10 Å². The van der Waals surface area contributed by atoms with Crippen LogP contribution in [-0.4, -0.2) is 39.2 Å². The summed E-state index contributed by atoms with van der Waals surface area (Å²) in [5.41, 5.74) is 6.99. The molecule has 1 atom stereocenters. The second-order valence-electron chi connectivity index (χ2n) is 10.6. The van der Waals surface area contributed by atoms with E-state index in [-0.39, 0.29) is 11.5 Å². The summed E-state index contributed by atoms with van der Waals surface area (Å²) in [6.45, 7) is 21.0. The maximum atomic E-state index is 11.2. The van der Waals surface area contributed by atoms with Gasteiger partial charge in [-0.3, -0.25) is 0 Å². The number of nitrogens with one attached hydrogen (secondary N) is 1. The highest BCUT2D eigenvalue weighted by molar-refractivity contribution is 6.77. The minimum Gasteiger partial charge on any atom is -0.444 e. The van der Waals surface area contributed by atoms with Crippen molar-refractivity contribution in [1.29, 1.82) is 0 Å². The van der Waals surface area contributed by atoms with Crippen molar-refractivity contribution in [3.8, 4) is 0 Å². The summed E-state index contributed by atoms with van der Waals surface area (Å²) in [6, 6.07) is 0.453. The predicted octanol–water partition coefficient (Wildman–Crippen LogP) is 5.59. The topological polar surface area (TPSA) is 73.6 Å². The van der Waals surface area contributed by atoms with E-state index in [1.54, 1.807) is 0 Å². The monoisotopic (exact) mass is 414 g/mol. The molecule has 1 saturated carbocycles. The summed E-state index contributed by atoms with van der Waals surface area (Å²) in [5, 5.41) is 3.61. The quantitative estimate of drug-likeness (QED) is 0.482. The Labute approximate surface area is 174 Å². The third kappa shape index (κ3) is 6.73. The first kappa shape index (κ1) is 25.4. The molecule has 0 radical (unpaired) electrons. The number of hydrogen-bond donors (Lipinski definition) is 2. The number of amides is 1. The van der Waals surface area contributed by atoms with Gasteiger partial charge >= 0.3 is 6.09 Å². The molecule has 3 N–H and O–H groups in total. The second-order valence-corrected chi connectivity index (χ2v) is 16.0. The lowest BCUT2D eigenvalue weighted by Gasteiger charge is -2.46. The number of carbonyl (C=O) groups excluding carboxylic acids is 1. The number of nitrogens with two attached hydrogens (primary N) is 1. The van der Waals surface area contributed by atoms with Crippen LogP contribution in [-0.2, 0) is 9.16 Å². The molecule has 1 fully saturated rings. The van der Waals surface area contributed by atoms with Crippen molar-refractivity contribution in [2.75, 3.05) is 6.54 Å². The van der Waals surface area contributed by atoms with E-state index in [9.17, 15) is 4.79 Å². The average molecular weight is 415 g/mol. The zero-order valence-electron chi connectivity index (χ0n) is 19.8. The van der Waals surface area contributed by atoms with Gasteiger partial charge in [0.2, 0.25) is 8.32 Å². The van der Waals surface area contributed by atoms with Crippen LogP contribution in [0.4, 0.5) is 4.79 Å². The molecule has 1 aliphatic carbocycles. The van der Waals surface area contributed by atoms with Crippen LogP contribution < -0.4 is 11.1 Å². The molecular weight excluding hydrogens is 368 g/mol. The van der Waals surface area contributed by atoms with Crippen LogP contribution in [0, 0.1) is 5.41 Å². The number of hydrogen-bond acceptors (Lipinski definition) is 4.